The molecule has 0 fully saturated rings. The third kappa shape index (κ3) is 44.6. The Morgan fingerprint density at radius 3 is 1.54 bits per heavy atom. The number of phenols is 1. The van der Waals surface area contributed by atoms with Gasteiger partial charge in [-0.05, 0) is 48.7 Å². The van der Waals surface area contributed by atoms with E-state index in [1.807, 2.05) is 31.2 Å². The van der Waals surface area contributed by atoms with Gasteiger partial charge in [-0.2, -0.15) is 20.5 Å². The number of aromatic hydroxyl groups is 1. The van der Waals surface area contributed by atoms with E-state index in [0.717, 1.165) is 350 Å². The molecule has 4 aromatic carbocycles. The Kier molecular flexibility index (Phi) is 109. The molecule has 4 rings (SSSR count). The van der Waals surface area contributed by atoms with E-state index in [1.165, 1.54) is 7.11 Å². The van der Waals surface area contributed by atoms with E-state index in [2.05, 4.69) is 30.7 Å². The average molecular weight is 1690 g/mol. The predicted octanol–water partition coefficient (Wildman–Crippen LogP) is -4.89. The molecule has 0 spiro atoms. The summed E-state index contributed by atoms with van der Waals surface area (Å²) in [5, 5.41) is 46.8. The average Bonchev–Trinajstić information content (AvgIpc) is 3.15. The summed E-state index contributed by atoms with van der Waals surface area (Å²) in [6.07, 6.45) is 0. The Morgan fingerprint density at radius 2 is 1.09 bits per heavy atom. The van der Waals surface area contributed by atoms with Crippen LogP contribution in [0.15, 0.2) is 97.4 Å². The molecule has 4 aromatic rings. The second kappa shape index (κ2) is 65.9. The molecule has 2 N–H and O–H groups in total. The first-order chi connectivity index (χ1) is 23.7. The van der Waals surface area contributed by atoms with Gasteiger partial charge < -0.3 is 31.2 Å². The number of hydrogen-bond acceptors (Lipinski definition) is 12. The van der Waals surface area contributed by atoms with Gasteiger partial charge in [-0.3, -0.25) is 0 Å². The maximum atomic E-state index is 10.7. The number of methoxy groups -OCH3 is 1. The summed E-state index contributed by atoms with van der Waals surface area (Å²) in [5.41, 5.74) is 4.07. The first kappa shape index (κ1) is 89.2. The summed E-state index contributed by atoms with van der Waals surface area (Å²) in [6, 6.07) is 19.7. The monoisotopic (exact) mass is 1680 g/mol. The second-order valence-corrected chi connectivity index (χ2v) is 8.30. The van der Waals surface area contributed by atoms with E-state index in [9.17, 15) is 10.2 Å². The van der Waals surface area contributed by atoms with Gasteiger partial charge in [0.15, 0.2) is 5.75 Å². The van der Waals surface area contributed by atoms with Gasteiger partial charge in [0.2, 0.25) is 0 Å². The number of nitrogens with zero attached hydrogens (tertiary/aromatic N) is 6. The number of benzene rings is 4. The molecular formula is C28H31N6O6Rb13S. The number of fused-ring (bicyclic) bond motifs is 1. The number of aliphatic hydroxyl groups is 1. The minimum absolute atomic E-state index is 0. The van der Waals surface area contributed by atoms with E-state index in [4.69, 9.17) is 17.4 Å². The summed E-state index contributed by atoms with van der Waals surface area (Å²) >= 11 is 11.6. The van der Waals surface area contributed by atoms with Crippen LogP contribution in [0.2, 0.25) is 0 Å². The van der Waals surface area contributed by atoms with Gasteiger partial charge in [0, 0.05) is 24.1 Å². The van der Waals surface area contributed by atoms with Crippen LogP contribution in [0.1, 0.15) is 12.6 Å². The summed E-state index contributed by atoms with van der Waals surface area (Å²) < 4.78 is 30.8. The van der Waals surface area contributed by atoms with Crippen molar-refractivity contribution in [2.45, 2.75) is 13.5 Å². The predicted molar refractivity (Wildman–Crippen MR) is 216 cm³/mol. The van der Waals surface area contributed by atoms with E-state index in [0.29, 0.717) is 45.1 Å². The normalized spacial score (nSPS) is 8.89. The van der Waals surface area contributed by atoms with Crippen LogP contribution >= 0.6 is 0 Å². The zero-order valence-corrected chi connectivity index (χ0v) is 101. The van der Waals surface area contributed by atoms with Crippen molar-refractivity contribution in [2.75, 3.05) is 14.2 Å². The van der Waals surface area contributed by atoms with Crippen molar-refractivity contribution >= 4 is 388 Å². The van der Waals surface area contributed by atoms with Crippen LogP contribution in [-0.2, 0) is 17.2 Å². The molecule has 0 heterocycles. The molecule has 54 heavy (non-hydrogen) atoms. The summed E-state index contributed by atoms with van der Waals surface area (Å²) in [7, 11) is -0.00329. The van der Waals surface area contributed by atoms with Gasteiger partial charge in [0.25, 0.3) is 0 Å². The van der Waals surface area contributed by atoms with Crippen LogP contribution in [-0.4, -0.2) is 376 Å². The standard InChI is InChI=1S/C26H24N6O3.2CH3.O3S.13Rb.H/c1-16-4-10-21-17(12-16)5-11-22(26(21)34)30-32-24-13-18(15-33)23(14-25(24)35-3)31-29-20-8-6-19(7-9-20)28-27-2;;;1-4(2)3;;;;;;;;;;;;;;/h4-14,33-34H,15H2,1-3H3;2*1H3;;;;;;;;;;;;;;;/q;2*-1;;;;;;;;;;;;3*+1;-1. The number of ether oxygens (including phenoxy) is 1. The van der Waals surface area contributed by atoms with Crippen LogP contribution in [0.3, 0.4) is 0 Å². The maximum absolute atomic E-state index is 10.7. The first-order valence-corrected chi connectivity index (χ1v) is 187. The van der Waals surface area contributed by atoms with E-state index in [1.54, 1.807) is 49.5 Å². The van der Waals surface area contributed by atoms with Crippen LogP contribution in [0, 0.1) is 21.8 Å². The number of phenolic OH excluding ortho intramolecular Hbond substituents is 1. The second-order valence-electron chi connectivity index (χ2n) is 7.89. The molecule has 0 bridgehead atoms. The van der Waals surface area contributed by atoms with Gasteiger partial charge >= 0.3 is 524 Å². The third-order valence-corrected chi connectivity index (χ3v) is 5.28. The number of aryl methyl sites for hydroxylation is 1. The molecule has 0 aromatic heterocycles. The van der Waals surface area contributed by atoms with Crippen LogP contribution in [0.5, 0.6) is 11.5 Å². The zero-order valence-electron chi connectivity index (χ0n) is 37.2. The molecular weight excluding hydrogens is 1660 g/mol. The molecule has 0 amide bonds. The fourth-order valence-corrected chi connectivity index (χ4v) is 3.49. The van der Waals surface area contributed by atoms with Gasteiger partial charge in [0.05, 0.1) is 30.8 Å². The minimum atomic E-state index is -3.11. The van der Waals surface area contributed by atoms with E-state index < -0.39 is 10.6 Å². The topological polar surface area (TPSA) is 175 Å². The van der Waals surface area contributed by atoms with Gasteiger partial charge in [-0.25, -0.2) is 0 Å². The van der Waals surface area contributed by atoms with Crippen molar-refractivity contribution in [1.29, 1.82) is 0 Å². The number of rotatable bonds is 7. The van der Waals surface area contributed by atoms with Crippen molar-refractivity contribution in [3.63, 3.8) is 0 Å². The van der Waals surface area contributed by atoms with E-state index in [-0.39, 0.29) is 203 Å². The Bertz CT molecular complexity index is 1720. The Balaban J connectivity index is -0.000000135. The Hall–Kier alpha value is 18.6. The SMILES string of the molecule is CN=Nc1ccc(N=Nc2cc(OC)c(N=Nc3ccc4cc(C)ccc4c3O)cc2CO)cc1.O=S(=O)=O.[CH3-].[CH3-].[H-].[Rb+].[Rb+].[Rb+].[Rb][Rb].[Rb][Rb].[Rb][Rb].[Rb][Rb].[Rb][Rb]. The number of aliphatic hydroxyl groups excluding tert-OH is 1. The van der Waals surface area contributed by atoms with Crippen molar-refractivity contribution in [2.24, 2.45) is 30.7 Å². The fourth-order valence-electron chi connectivity index (χ4n) is 3.49. The third-order valence-electron chi connectivity index (χ3n) is 5.28. The molecule has 228 valence electrons. The van der Waals surface area contributed by atoms with Crippen molar-refractivity contribution < 1.29 is 204 Å². The van der Waals surface area contributed by atoms with Crippen molar-refractivity contribution in [3.8, 4) is 11.5 Å². The molecule has 0 saturated heterocycles. The van der Waals surface area contributed by atoms with Crippen LogP contribution in [0.25, 0.3) is 10.8 Å². The molecule has 0 atom stereocenters. The molecule has 0 aliphatic carbocycles. The molecule has 26 heteroatoms. The van der Waals surface area contributed by atoms with Crippen LogP contribution in [0.4, 0.5) is 28.4 Å². The molecule has 12 nitrogen and oxygen atoms in total. The van der Waals surface area contributed by atoms with Gasteiger partial charge in [0.1, 0.15) is 17.1 Å². The molecule has 0 aliphatic rings. The van der Waals surface area contributed by atoms with Crippen molar-refractivity contribution in [3.05, 3.63) is 92.7 Å². The molecule has 0 aliphatic heterocycles. The molecule has 0 radical (unpaired) electrons. The summed E-state index contributed by atoms with van der Waals surface area (Å²) in [5.74, 6) is 0.443. The van der Waals surface area contributed by atoms with E-state index >= 15 is 0 Å². The quantitative estimate of drug-likeness (QED) is 0.139. The summed E-state index contributed by atoms with van der Waals surface area (Å²) in [4.78, 5) is 0. The zero-order chi connectivity index (χ0) is 38.4. The Morgan fingerprint density at radius 1 is 0.648 bits per heavy atom. The van der Waals surface area contributed by atoms with Gasteiger partial charge in [-0.15, -0.1) is 22.9 Å². The van der Waals surface area contributed by atoms with Gasteiger partial charge in [-0.1, -0.05) is 29.8 Å². The number of azo groups is 3. The molecule has 0 unspecified atom stereocenters. The molecule has 0 saturated carbocycles. The number of hydrogen-bond donors (Lipinski definition) is 2. The fraction of sp³-hybridized carbons (Fsp3) is 0.143. The van der Waals surface area contributed by atoms with Crippen molar-refractivity contribution in [1.82, 2.24) is 0 Å². The summed E-state index contributed by atoms with van der Waals surface area (Å²) in [6.45, 7) is 1.71. The van der Waals surface area contributed by atoms with Crippen LogP contribution < -0.4 is 179 Å². The Labute approximate surface area is 716 Å². The first-order valence-electron chi connectivity index (χ1n) is 16.3.